The molecular weight excluding hydrogens is 209 g/mol. The van der Waals surface area contributed by atoms with Crippen molar-refractivity contribution in [1.29, 1.82) is 0 Å². The third-order valence-electron chi connectivity index (χ3n) is 2.66. The Labute approximate surface area is 93.6 Å². The number of amides is 1. The van der Waals surface area contributed by atoms with Crippen LogP contribution in [0.15, 0.2) is 24.3 Å². The summed E-state index contributed by atoms with van der Waals surface area (Å²) in [7, 11) is 0. The molecule has 0 spiro atoms. The Hall–Kier alpha value is -1.42. The molecule has 16 heavy (non-hydrogen) atoms. The molecule has 2 rings (SSSR count). The van der Waals surface area contributed by atoms with E-state index in [-0.39, 0.29) is 17.5 Å². The molecule has 0 aromatic heterocycles. The zero-order chi connectivity index (χ0) is 11.4. The number of nitrogens with one attached hydrogen (secondary N) is 1. The second-order valence-corrected chi connectivity index (χ2v) is 3.88. The van der Waals surface area contributed by atoms with Crippen LogP contribution >= 0.6 is 0 Å². The van der Waals surface area contributed by atoms with Crippen LogP contribution in [0.3, 0.4) is 0 Å². The summed E-state index contributed by atoms with van der Waals surface area (Å²) in [6, 6.07) is 6.16. The zero-order valence-electron chi connectivity index (χ0n) is 8.91. The molecule has 1 atom stereocenters. The van der Waals surface area contributed by atoms with Gasteiger partial charge in [-0.25, -0.2) is 4.39 Å². The highest BCUT2D eigenvalue weighted by molar-refractivity contribution is 5.92. The number of halogens is 1. The van der Waals surface area contributed by atoms with Gasteiger partial charge in [0.15, 0.2) is 0 Å². The molecule has 0 radical (unpaired) electrons. The van der Waals surface area contributed by atoms with Crippen LogP contribution in [0.1, 0.15) is 12.8 Å². The Balaban J connectivity index is 1.99. The average Bonchev–Trinajstić information content (AvgIpc) is 2.33. The van der Waals surface area contributed by atoms with Crippen molar-refractivity contribution in [3.05, 3.63) is 30.1 Å². The lowest BCUT2D eigenvalue weighted by Crippen LogP contribution is -2.30. The fourth-order valence-electron chi connectivity index (χ4n) is 1.74. The van der Waals surface area contributed by atoms with Crippen LogP contribution in [-0.4, -0.2) is 19.1 Å². The Morgan fingerprint density at radius 3 is 2.94 bits per heavy atom. The van der Waals surface area contributed by atoms with Crippen LogP contribution < -0.4 is 5.32 Å². The van der Waals surface area contributed by atoms with Crippen molar-refractivity contribution < 1.29 is 13.9 Å². The number of carbonyl (C=O) groups is 1. The van der Waals surface area contributed by atoms with Gasteiger partial charge in [-0.2, -0.15) is 0 Å². The molecule has 3 nitrogen and oxygen atoms in total. The first kappa shape index (κ1) is 11.1. The first-order valence-electron chi connectivity index (χ1n) is 5.40. The zero-order valence-corrected chi connectivity index (χ0v) is 8.91. The van der Waals surface area contributed by atoms with Gasteiger partial charge in [0.2, 0.25) is 5.91 Å². The molecule has 0 aliphatic carbocycles. The van der Waals surface area contributed by atoms with Crippen LogP contribution in [-0.2, 0) is 9.53 Å². The molecule has 1 aromatic carbocycles. The van der Waals surface area contributed by atoms with E-state index >= 15 is 0 Å². The van der Waals surface area contributed by atoms with E-state index in [4.69, 9.17) is 4.74 Å². The molecule has 1 aliphatic heterocycles. The van der Waals surface area contributed by atoms with Gasteiger partial charge in [0.05, 0.1) is 18.2 Å². The molecule has 1 heterocycles. The lowest BCUT2D eigenvalue weighted by molar-refractivity contribution is -0.123. The van der Waals surface area contributed by atoms with Gasteiger partial charge in [-0.05, 0) is 25.0 Å². The number of anilines is 1. The molecule has 1 aliphatic rings. The molecule has 0 saturated carbocycles. The summed E-state index contributed by atoms with van der Waals surface area (Å²) in [5, 5.41) is 2.59. The minimum atomic E-state index is -0.410. The first-order chi connectivity index (χ1) is 7.77. The second kappa shape index (κ2) is 5.07. The minimum absolute atomic E-state index is 0.159. The molecule has 1 unspecified atom stereocenters. The summed E-state index contributed by atoms with van der Waals surface area (Å²) in [5.41, 5.74) is 0.234. The third-order valence-corrected chi connectivity index (χ3v) is 2.66. The standard InChI is InChI=1S/C12H14FNO2/c13-10-5-1-2-6-11(10)14-12(15)9-4-3-7-16-8-9/h1-2,5-6,9H,3-4,7-8H2,(H,14,15). The van der Waals surface area contributed by atoms with Crippen molar-refractivity contribution in [2.45, 2.75) is 12.8 Å². The lowest BCUT2D eigenvalue weighted by atomic mass is 10.0. The number of benzene rings is 1. The minimum Gasteiger partial charge on any atom is -0.381 e. The van der Waals surface area contributed by atoms with Gasteiger partial charge in [0, 0.05) is 6.61 Å². The topological polar surface area (TPSA) is 38.3 Å². The van der Waals surface area contributed by atoms with Gasteiger partial charge in [-0.1, -0.05) is 12.1 Å². The van der Waals surface area contributed by atoms with E-state index in [9.17, 15) is 9.18 Å². The summed E-state index contributed by atoms with van der Waals surface area (Å²) in [6.45, 7) is 1.14. The van der Waals surface area contributed by atoms with Crippen molar-refractivity contribution in [1.82, 2.24) is 0 Å². The summed E-state index contributed by atoms with van der Waals surface area (Å²) < 4.78 is 18.5. The van der Waals surface area contributed by atoms with Crippen molar-refractivity contribution in [3.8, 4) is 0 Å². The molecule has 1 fully saturated rings. The van der Waals surface area contributed by atoms with Crippen LogP contribution in [0.4, 0.5) is 10.1 Å². The summed E-state index contributed by atoms with van der Waals surface area (Å²) in [4.78, 5) is 11.8. The number of hydrogen-bond donors (Lipinski definition) is 1. The highest BCUT2D eigenvalue weighted by atomic mass is 19.1. The van der Waals surface area contributed by atoms with Gasteiger partial charge < -0.3 is 10.1 Å². The van der Waals surface area contributed by atoms with Crippen molar-refractivity contribution >= 4 is 11.6 Å². The first-order valence-corrected chi connectivity index (χ1v) is 5.40. The fraction of sp³-hybridized carbons (Fsp3) is 0.417. The van der Waals surface area contributed by atoms with Gasteiger partial charge >= 0.3 is 0 Å². The maximum Gasteiger partial charge on any atom is 0.229 e. The molecule has 1 amide bonds. The van der Waals surface area contributed by atoms with E-state index in [2.05, 4.69) is 5.32 Å². The van der Waals surface area contributed by atoms with Gasteiger partial charge in [0.25, 0.3) is 0 Å². The number of carbonyl (C=O) groups excluding carboxylic acids is 1. The molecular formula is C12H14FNO2. The number of hydrogen-bond acceptors (Lipinski definition) is 2. The maximum absolute atomic E-state index is 13.3. The predicted octanol–water partition coefficient (Wildman–Crippen LogP) is 2.19. The van der Waals surface area contributed by atoms with Crippen molar-refractivity contribution in [2.24, 2.45) is 5.92 Å². The largest absolute Gasteiger partial charge is 0.381 e. The molecule has 1 aromatic rings. The summed E-state index contributed by atoms with van der Waals surface area (Å²) in [5.74, 6) is -0.731. The highest BCUT2D eigenvalue weighted by Crippen LogP contribution is 2.18. The van der Waals surface area contributed by atoms with E-state index < -0.39 is 5.82 Å². The van der Waals surface area contributed by atoms with Gasteiger partial charge in [-0.3, -0.25) is 4.79 Å². The Morgan fingerprint density at radius 1 is 1.44 bits per heavy atom. The fourth-order valence-corrected chi connectivity index (χ4v) is 1.74. The SMILES string of the molecule is O=C(Nc1ccccc1F)C1CCCOC1. The smallest absolute Gasteiger partial charge is 0.229 e. The number of para-hydroxylation sites is 1. The lowest BCUT2D eigenvalue weighted by Gasteiger charge is -2.21. The van der Waals surface area contributed by atoms with Crippen molar-refractivity contribution in [2.75, 3.05) is 18.5 Å². The summed E-state index contributed by atoms with van der Waals surface area (Å²) in [6.07, 6.45) is 1.69. The van der Waals surface area contributed by atoms with Crippen LogP contribution in [0, 0.1) is 11.7 Å². The quantitative estimate of drug-likeness (QED) is 0.834. The van der Waals surface area contributed by atoms with Crippen LogP contribution in [0.2, 0.25) is 0 Å². The highest BCUT2D eigenvalue weighted by Gasteiger charge is 2.22. The van der Waals surface area contributed by atoms with E-state index in [1.807, 2.05) is 0 Å². The van der Waals surface area contributed by atoms with E-state index in [1.165, 1.54) is 6.07 Å². The molecule has 1 saturated heterocycles. The van der Waals surface area contributed by atoms with E-state index in [1.54, 1.807) is 18.2 Å². The average molecular weight is 223 g/mol. The van der Waals surface area contributed by atoms with E-state index in [0.29, 0.717) is 13.2 Å². The van der Waals surface area contributed by atoms with E-state index in [0.717, 1.165) is 12.8 Å². The molecule has 1 N–H and O–H groups in total. The summed E-state index contributed by atoms with van der Waals surface area (Å²) >= 11 is 0. The Bertz CT molecular complexity index is 375. The number of ether oxygens (including phenoxy) is 1. The van der Waals surface area contributed by atoms with Crippen molar-refractivity contribution in [3.63, 3.8) is 0 Å². The Kier molecular flexibility index (Phi) is 3.51. The second-order valence-electron chi connectivity index (χ2n) is 3.88. The molecule has 86 valence electrons. The van der Waals surface area contributed by atoms with Gasteiger partial charge in [0.1, 0.15) is 5.82 Å². The van der Waals surface area contributed by atoms with Gasteiger partial charge in [-0.15, -0.1) is 0 Å². The normalized spacial score (nSPS) is 20.4. The Morgan fingerprint density at radius 2 is 2.25 bits per heavy atom. The molecule has 4 heteroatoms. The number of rotatable bonds is 2. The predicted molar refractivity (Wildman–Crippen MR) is 58.6 cm³/mol. The monoisotopic (exact) mass is 223 g/mol. The third kappa shape index (κ3) is 2.58. The van der Waals surface area contributed by atoms with Crippen LogP contribution in [0.25, 0.3) is 0 Å². The maximum atomic E-state index is 13.3. The van der Waals surface area contributed by atoms with Crippen LogP contribution in [0.5, 0.6) is 0 Å². The molecule has 0 bridgehead atoms.